The van der Waals surface area contributed by atoms with Crippen LogP contribution in [0.15, 0.2) is 72.4 Å². The molecule has 0 fully saturated rings. The van der Waals surface area contributed by atoms with Crippen molar-refractivity contribution in [2.45, 2.75) is 20.3 Å². The average Bonchev–Trinajstić information content (AvgIpc) is 3.04. The van der Waals surface area contributed by atoms with Crippen molar-refractivity contribution in [2.75, 3.05) is 16.8 Å². The molecule has 4 rings (SSSR count). The lowest BCUT2D eigenvalue weighted by atomic mass is 10.0. The number of carbonyl (C=O) groups is 2. The van der Waals surface area contributed by atoms with Crippen molar-refractivity contribution >= 4 is 40.4 Å². The Kier molecular flexibility index (Phi) is 6.47. The van der Waals surface area contributed by atoms with E-state index in [4.69, 9.17) is 16.3 Å². The topological polar surface area (TPSA) is 58.6 Å². The molecule has 0 aliphatic carbocycles. The summed E-state index contributed by atoms with van der Waals surface area (Å²) >= 11 is 6.07. The SMILES string of the molecule is CCCOc1ccccc1N1C(=O)C(Nc2ccc(Cl)cc2C)=C(c2ccc(F)cc2)C1=O. The summed E-state index contributed by atoms with van der Waals surface area (Å²) in [7, 11) is 0. The third kappa shape index (κ3) is 4.47. The Balaban J connectivity index is 1.82. The number of amides is 2. The van der Waals surface area contributed by atoms with Gasteiger partial charge in [0.25, 0.3) is 11.8 Å². The number of aryl methyl sites for hydroxylation is 1. The Morgan fingerprint density at radius 1 is 1.00 bits per heavy atom. The molecule has 3 aromatic carbocycles. The zero-order valence-corrected chi connectivity index (χ0v) is 18.9. The minimum atomic E-state index is -0.527. The summed E-state index contributed by atoms with van der Waals surface area (Å²) in [4.78, 5) is 28.3. The summed E-state index contributed by atoms with van der Waals surface area (Å²) < 4.78 is 19.4. The van der Waals surface area contributed by atoms with E-state index >= 15 is 0 Å². The van der Waals surface area contributed by atoms with Crippen LogP contribution in [0.25, 0.3) is 5.57 Å². The summed E-state index contributed by atoms with van der Waals surface area (Å²) in [5.41, 5.74) is 2.47. The molecule has 0 saturated carbocycles. The largest absolute Gasteiger partial charge is 0.491 e. The number of benzene rings is 3. The van der Waals surface area contributed by atoms with Crippen molar-refractivity contribution in [1.29, 1.82) is 0 Å². The number of para-hydroxylation sites is 2. The Bertz CT molecular complexity index is 1250. The van der Waals surface area contributed by atoms with E-state index in [0.29, 0.717) is 34.3 Å². The van der Waals surface area contributed by atoms with Crippen LogP contribution in [0.3, 0.4) is 0 Å². The lowest BCUT2D eigenvalue weighted by Gasteiger charge is -2.19. The van der Waals surface area contributed by atoms with Gasteiger partial charge in [0.05, 0.1) is 17.9 Å². The van der Waals surface area contributed by atoms with E-state index < -0.39 is 17.6 Å². The molecular weight excluding hydrogens is 443 g/mol. The van der Waals surface area contributed by atoms with Gasteiger partial charge in [-0.3, -0.25) is 9.59 Å². The Morgan fingerprint density at radius 3 is 2.42 bits per heavy atom. The quantitative estimate of drug-likeness (QED) is 0.437. The zero-order valence-electron chi connectivity index (χ0n) is 18.2. The molecule has 1 aliphatic rings. The Morgan fingerprint density at radius 2 is 1.73 bits per heavy atom. The Labute approximate surface area is 196 Å². The van der Waals surface area contributed by atoms with E-state index in [0.717, 1.165) is 16.9 Å². The van der Waals surface area contributed by atoms with Gasteiger partial charge < -0.3 is 10.1 Å². The monoisotopic (exact) mass is 464 g/mol. The number of nitrogens with one attached hydrogen (secondary N) is 1. The van der Waals surface area contributed by atoms with Crippen LogP contribution in [0.5, 0.6) is 5.75 Å². The molecule has 3 aromatic rings. The molecule has 0 saturated heterocycles. The molecule has 0 radical (unpaired) electrons. The predicted octanol–water partition coefficient (Wildman–Crippen LogP) is 5.97. The van der Waals surface area contributed by atoms with Gasteiger partial charge in [0.2, 0.25) is 0 Å². The second-order valence-corrected chi connectivity index (χ2v) is 8.04. The fraction of sp³-hybridized carbons (Fsp3) is 0.154. The predicted molar refractivity (Wildman–Crippen MR) is 128 cm³/mol. The molecule has 0 aromatic heterocycles. The first-order chi connectivity index (χ1) is 15.9. The van der Waals surface area contributed by atoms with E-state index in [1.165, 1.54) is 24.3 Å². The normalized spacial score (nSPS) is 13.6. The van der Waals surface area contributed by atoms with Crippen LogP contribution in [-0.2, 0) is 9.59 Å². The van der Waals surface area contributed by atoms with Crippen molar-refractivity contribution in [3.05, 3.63) is 94.4 Å². The maximum absolute atomic E-state index is 13.6. The van der Waals surface area contributed by atoms with Crippen molar-refractivity contribution in [2.24, 2.45) is 0 Å². The van der Waals surface area contributed by atoms with Gasteiger partial charge in [0.1, 0.15) is 17.3 Å². The number of carbonyl (C=O) groups excluding carboxylic acids is 2. The molecule has 2 amide bonds. The molecular formula is C26H22ClFN2O3. The molecule has 1 aliphatic heterocycles. The molecule has 5 nitrogen and oxygen atoms in total. The maximum Gasteiger partial charge on any atom is 0.282 e. The van der Waals surface area contributed by atoms with Crippen LogP contribution in [-0.4, -0.2) is 18.4 Å². The highest BCUT2D eigenvalue weighted by atomic mass is 35.5. The van der Waals surface area contributed by atoms with Crippen molar-refractivity contribution in [3.63, 3.8) is 0 Å². The smallest absolute Gasteiger partial charge is 0.282 e. The molecule has 1 N–H and O–H groups in total. The minimum Gasteiger partial charge on any atom is -0.491 e. The van der Waals surface area contributed by atoms with Crippen LogP contribution >= 0.6 is 11.6 Å². The number of anilines is 2. The fourth-order valence-corrected chi connectivity index (χ4v) is 3.85. The second-order valence-electron chi connectivity index (χ2n) is 7.60. The van der Waals surface area contributed by atoms with Crippen LogP contribution in [0.4, 0.5) is 15.8 Å². The zero-order chi connectivity index (χ0) is 23.5. The highest BCUT2D eigenvalue weighted by Crippen LogP contribution is 2.38. The van der Waals surface area contributed by atoms with Gasteiger partial charge in [0.15, 0.2) is 0 Å². The molecule has 168 valence electrons. The van der Waals surface area contributed by atoms with E-state index in [2.05, 4.69) is 5.32 Å². The van der Waals surface area contributed by atoms with Gasteiger partial charge in [-0.15, -0.1) is 0 Å². The van der Waals surface area contributed by atoms with Crippen molar-refractivity contribution < 1.29 is 18.7 Å². The lowest BCUT2D eigenvalue weighted by molar-refractivity contribution is -0.120. The maximum atomic E-state index is 13.6. The first-order valence-corrected chi connectivity index (χ1v) is 10.9. The summed E-state index contributed by atoms with van der Waals surface area (Å²) in [5, 5.41) is 3.68. The standard InChI is InChI=1S/C26H22ClFN2O3/c1-3-14-33-22-7-5-4-6-21(22)30-25(31)23(17-8-11-19(28)12-9-17)24(26(30)32)29-20-13-10-18(27)15-16(20)2/h4-13,15,29H,3,14H2,1-2H3. The number of hydrogen-bond donors (Lipinski definition) is 1. The van der Waals surface area contributed by atoms with Gasteiger partial charge in [-0.2, -0.15) is 0 Å². The second kappa shape index (κ2) is 9.46. The van der Waals surface area contributed by atoms with Gasteiger partial charge in [-0.1, -0.05) is 42.8 Å². The summed E-state index contributed by atoms with van der Waals surface area (Å²) in [5.74, 6) is -1.05. The van der Waals surface area contributed by atoms with Gasteiger partial charge in [0, 0.05) is 10.7 Å². The van der Waals surface area contributed by atoms with Crippen LogP contribution in [0.2, 0.25) is 5.02 Å². The lowest BCUT2D eigenvalue weighted by Crippen LogP contribution is -2.32. The van der Waals surface area contributed by atoms with E-state index in [9.17, 15) is 14.0 Å². The van der Waals surface area contributed by atoms with Crippen LogP contribution < -0.4 is 15.0 Å². The molecule has 33 heavy (non-hydrogen) atoms. The Hall–Kier alpha value is -3.64. The first-order valence-electron chi connectivity index (χ1n) is 10.5. The highest BCUT2D eigenvalue weighted by Gasteiger charge is 2.41. The average molecular weight is 465 g/mol. The molecule has 1 heterocycles. The van der Waals surface area contributed by atoms with Gasteiger partial charge in [-0.05, 0) is 66.9 Å². The van der Waals surface area contributed by atoms with Crippen LogP contribution in [0.1, 0.15) is 24.5 Å². The van der Waals surface area contributed by atoms with E-state index in [-0.39, 0.29) is 11.3 Å². The number of imide groups is 1. The summed E-state index contributed by atoms with van der Waals surface area (Å²) in [6.07, 6.45) is 0.776. The number of rotatable bonds is 7. The number of hydrogen-bond acceptors (Lipinski definition) is 4. The van der Waals surface area contributed by atoms with E-state index in [1.54, 1.807) is 42.5 Å². The molecule has 0 atom stereocenters. The molecule has 0 spiro atoms. The van der Waals surface area contributed by atoms with E-state index in [1.807, 2.05) is 13.8 Å². The number of ether oxygens (including phenoxy) is 1. The third-order valence-electron chi connectivity index (χ3n) is 5.23. The highest BCUT2D eigenvalue weighted by molar-refractivity contribution is 6.46. The van der Waals surface area contributed by atoms with Gasteiger partial charge in [-0.25, -0.2) is 9.29 Å². The number of nitrogens with zero attached hydrogens (tertiary/aromatic N) is 1. The molecule has 0 unspecified atom stereocenters. The van der Waals surface area contributed by atoms with Crippen molar-refractivity contribution in [1.82, 2.24) is 0 Å². The molecule has 7 heteroatoms. The van der Waals surface area contributed by atoms with Gasteiger partial charge >= 0.3 is 0 Å². The third-order valence-corrected chi connectivity index (χ3v) is 5.47. The minimum absolute atomic E-state index is 0.0994. The summed E-state index contributed by atoms with van der Waals surface area (Å²) in [6.45, 7) is 4.26. The fourth-order valence-electron chi connectivity index (χ4n) is 3.63. The first kappa shape index (κ1) is 22.6. The number of halogens is 2. The van der Waals surface area contributed by atoms with Crippen molar-refractivity contribution in [3.8, 4) is 5.75 Å². The summed E-state index contributed by atoms with van der Waals surface area (Å²) in [6, 6.07) is 17.6. The van der Waals surface area contributed by atoms with Crippen LogP contribution in [0, 0.1) is 12.7 Å². The molecule has 0 bridgehead atoms.